The molecule has 110 valence electrons. The Morgan fingerprint density at radius 3 is 2.60 bits per heavy atom. The summed E-state index contributed by atoms with van der Waals surface area (Å²) in [5, 5.41) is 3.25. The van der Waals surface area contributed by atoms with Crippen LogP contribution in [0.3, 0.4) is 0 Å². The standard InChI is InChI=1S/C13H15F3N2OS/c1-7(2)17-6-9-11(13(14,15)16)18-12(20-9)10-8(3)4-5-19-10/h4-5,7,17H,6H2,1-3H3. The number of hydrogen-bond donors (Lipinski definition) is 1. The largest absolute Gasteiger partial charge is 0.462 e. The molecule has 0 spiro atoms. The number of thiazole rings is 1. The number of nitrogens with one attached hydrogen (secondary N) is 1. The Labute approximate surface area is 118 Å². The quantitative estimate of drug-likeness (QED) is 0.918. The van der Waals surface area contributed by atoms with E-state index in [0.29, 0.717) is 5.76 Å². The number of aromatic nitrogens is 1. The second-order valence-electron chi connectivity index (χ2n) is 4.76. The molecule has 0 atom stereocenters. The van der Waals surface area contributed by atoms with Crippen molar-refractivity contribution in [3.8, 4) is 10.8 Å². The molecule has 0 aliphatic heterocycles. The molecule has 0 radical (unpaired) electrons. The first-order chi connectivity index (χ1) is 9.29. The van der Waals surface area contributed by atoms with Gasteiger partial charge in [-0.1, -0.05) is 13.8 Å². The van der Waals surface area contributed by atoms with Crippen molar-refractivity contribution >= 4 is 11.3 Å². The van der Waals surface area contributed by atoms with E-state index in [1.165, 1.54) is 6.26 Å². The highest BCUT2D eigenvalue weighted by Gasteiger charge is 2.37. The summed E-state index contributed by atoms with van der Waals surface area (Å²) in [6, 6.07) is 1.81. The summed E-state index contributed by atoms with van der Waals surface area (Å²) >= 11 is 1.01. The van der Waals surface area contributed by atoms with Crippen LogP contribution < -0.4 is 5.32 Å². The number of hydrogen-bond acceptors (Lipinski definition) is 4. The SMILES string of the molecule is Cc1ccoc1-c1nc(C(F)(F)F)c(CNC(C)C)s1. The Morgan fingerprint density at radius 1 is 1.40 bits per heavy atom. The smallest absolute Gasteiger partial charge is 0.434 e. The molecule has 0 bridgehead atoms. The maximum absolute atomic E-state index is 13.0. The van der Waals surface area contributed by atoms with Crippen molar-refractivity contribution in [3.63, 3.8) is 0 Å². The van der Waals surface area contributed by atoms with Crippen molar-refractivity contribution in [1.82, 2.24) is 10.3 Å². The number of furan rings is 1. The summed E-state index contributed by atoms with van der Waals surface area (Å²) in [7, 11) is 0. The van der Waals surface area contributed by atoms with Gasteiger partial charge in [-0.05, 0) is 18.6 Å². The molecule has 3 nitrogen and oxygen atoms in total. The van der Waals surface area contributed by atoms with E-state index in [0.717, 1.165) is 16.9 Å². The summed E-state index contributed by atoms with van der Waals surface area (Å²) in [6.07, 6.45) is -3.01. The van der Waals surface area contributed by atoms with Gasteiger partial charge >= 0.3 is 6.18 Å². The highest BCUT2D eigenvalue weighted by atomic mass is 32.1. The summed E-state index contributed by atoms with van der Waals surface area (Å²) in [5.41, 5.74) is -0.0581. The topological polar surface area (TPSA) is 38.1 Å². The van der Waals surface area contributed by atoms with Gasteiger partial charge in [0.2, 0.25) is 0 Å². The fourth-order valence-electron chi connectivity index (χ4n) is 1.68. The molecule has 0 fully saturated rings. The lowest BCUT2D eigenvalue weighted by Gasteiger charge is -2.09. The summed E-state index contributed by atoms with van der Waals surface area (Å²) < 4.78 is 44.3. The van der Waals surface area contributed by atoms with Crippen molar-refractivity contribution in [3.05, 3.63) is 28.5 Å². The molecule has 0 saturated carbocycles. The zero-order chi connectivity index (χ0) is 14.9. The molecule has 2 rings (SSSR count). The maximum Gasteiger partial charge on any atom is 0.434 e. The number of nitrogens with zero attached hydrogens (tertiary/aromatic N) is 1. The van der Waals surface area contributed by atoms with Crippen molar-refractivity contribution in [2.24, 2.45) is 0 Å². The minimum absolute atomic E-state index is 0.104. The molecule has 0 amide bonds. The van der Waals surface area contributed by atoms with Crippen LogP contribution in [0.4, 0.5) is 13.2 Å². The summed E-state index contributed by atoms with van der Waals surface area (Å²) in [5.74, 6) is 0.399. The Balaban J connectivity index is 2.39. The predicted octanol–water partition coefficient (Wildman–Crippen LogP) is 4.23. The third-order valence-corrected chi connectivity index (χ3v) is 3.75. The molecule has 0 aromatic carbocycles. The summed E-state index contributed by atoms with van der Waals surface area (Å²) in [6.45, 7) is 5.68. The Kier molecular flexibility index (Phi) is 4.19. The van der Waals surface area contributed by atoms with Crippen LogP contribution in [-0.4, -0.2) is 11.0 Å². The second-order valence-corrected chi connectivity index (χ2v) is 5.84. The molecule has 1 N–H and O–H groups in total. The second kappa shape index (κ2) is 5.57. The van der Waals surface area contributed by atoms with E-state index in [9.17, 15) is 13.2 Å². The molecular formula is C13H15F3N2OS. The van der Waals surface area contributed by atoms with Crippen molar-refractivity contribution < 1.29 is 17.6 Å². The van der Waals surface area contributed by atoms with Crippen molar-refractivity contribution in [2.45, 2.75) is 39.5 Å². The molecule has 2 aromatic heterocycles. The van der Waals surface area contributed by atoms with Gasteiger partial charge in [-0.2, -0.15) is 13.2 Å². The van der Waals surface area contributed by atoms with Crippen LogP contribution in [0, 0.1) is 6.92 Å². The van der Waals surface area contributed by atoms with Crippen LogP contribution in [0.25, 0.3) is 10.8 Å². The fraction of sp³-hybridized carbons (Fsp3) is 0.462. The number of alkyl halides is 3. The van der Waals surface area contributed by atoms with Gasteiger partial charge in [0.1, 0.15) is 0 Å². The third kappa shape index (κ3) is 3.21. The molecule has 7 heteroatoms. The fourth-order valence-corrected chi connectivity index (χ4v) is 2.76. The van der Waals surface area contributed by atoms with Gasteiger partial charge in [0.05, 0.1) is 11.1 Å². The van der Waals surface area contributed by atoms with Crippen molar-refractivity contribution in [2.75, 3.05) is 0 Å². The zero-order valence-electron chi connectivity index (χ0n) is 11.3. The van der Waals surface area contributed by atoms with Crippen LogP contribution >= 0.6 is 11.3 Å². The first kappa shape index (κ1) is 15.1. The van der Waals surface area contributed by atoms with E-state index < -0.39 is 11.9 Å². The molecule has 0 aliphatic rings. The lowest BCUT2D eigenvalue weighted by Crippen LogP contribution is -2.23. The number of aryl methyl sites for hydroxylation is 1. The lowest BCUT2D eigenvalue weighted by molar-refractivity contribution is -0.141. The van der Waals surface area contributed by atoms with E-state index in [1.54, 1.807) is 13.0 Å². The van der Waals surface area contributed by atoms with Crippen LogP contribution in [-0.2, 0) is 12.7 Å². The predicted molar refractivity (Wildman–Crippen MR) is 71.5 cm³/mol. The summed E-state index contributed by atoms with van der Waals surface area (Å²) in [4.78, 5) is 3.90. The Hall–Kier alpha value is -1.34. The van der Waals surface area contributed by atoms with E-state index in [-0.39, 0.29) is 22.5 Å². The molecular weight excluding hydrogens is 289 g/mol. The average Bonchev–Trinajstić information content (AvgIpc) is 2.91. The van der Waals surface area contributed by atoms with E-state index in [2.05, 4.69) is 10.3 Å². The molecule has 2 aromatic rings. The molecule has 0 saturated heterocycles. The first-order valence-corrected chi connectivity index (χ1v) is 6.95. The van der Waals surface area contributed by atoms with Crippen molar-refractivity contribution in [1.29, 1.82) is 0 Å². The van der Waals surface area contributed by atoms with Gasteiger partial charge in [-0.25, -0.2) is 4.98 Å². The van der Waals surface area contributed by atoms with Gasteiger partial charge < -0.3 is 9.73 Å². The minimum Gasteiger partial charge on any atom is -0.462 e. The average molecular weight is 304 g/mol. The Bertz CT molecular complexity index is 587. The van der Waals surface area contributed by atoms with Crippen LogP contribution in [0.5, 0.6) is 0 Å². The van der Waals surface area contributed by atoms with Crippen LogP contribution in [0.2, 0.25) is 0 Å². The molecule has 0 unspecified atom stereocenters. The molecule has 20 heavy (non-hydrogen) atoms. The minimum atomic E-state index is -4.46. The highest BCUT2D eigenvalue weighted by Crippen LogP contribution is 2.38. The van der Waals surface area contributed by atoms with Gasteiger partial charge in [-0.3, -0.25) is 0 Å². The van der Waals surface area contributed by atoms with Gasteiger partial charge in [0, 0.05) is 12.6 Å². The van der Waals surface area contributed by atoms with Gasteiger partial charge in [0.25, 0.3) is 0 Å². The lowest BCUT2D eigenvalue weighted by atomic mass is 10.3. The number of rotatable bonds is 4. The zero-order valence-corrected chi connectivity index (χ0v) is 12.2. The number of halogens is 3. The Morgan fingerprint density at radius 2 is 2.10 bits per heavy atom. The molecule has 0 aliphatic carbocycles. The van der Waals surface area contributed by atoms with Gasteiger partial charge in [0.15, 0.2) is 16.5 Å². The molecule has 2 heterocycles. The van der Waals surface area contributed by atoms with E-state index >= 15 is 0 Å². The van der Waals surface area contributed by atoms with Crippen LogP contribution in [0.1, 0.15) is 30.0 Å². The normalized spacial score (nSPS) is 12.3. The van der Waals surface area contributed by atoms with E-state index in [1.807, 2.05) is 13.8 Å². The van der Waals surface area contributed by atoms with E-state index in [4.69, 9.17) is 4.42 Å². The van der Waals surface area contributed by atoms with Gasteiger partial charge in [-0.15, -0.1) is 11.3 Å². The third-order valence-electron chi connectivity index (χ3n) is 2.69. The monoisotopic (exact) mass is 304 g/mol. The highest BCUT2D eigenvalue weighted by molar-refractivity contribution is 7.15. The first-order valence-electron chi connectivity index (χ1n) is 6.13. The maximum atomic E-state index is 13.0. The van der Waals surface area contributed by atoms with Crippen LogP contribution in [0.15, 0.2) is 16.7 Å².